The molecule has 130 valence electrons. The first-order valence-corrected chi connectivity index (χ1v) is 8.05. The Kier molecular flexibility index (Phi) is 4.88. The summed E-state index contributed by atoms with van der Waals surface area (Å²) in [5.41, 5.74) is -1.12. The fourth-order valence-corrected chi connectivity index (χ4v) is 2.68. The Hall–Kier alpha value is -2.62. The predicted molar refractivity (Wildman–Crippen MR) is 83.0 cm³/mol. The van der Waals surface area contributed by atoms with Crippen molar-refractivity contribution in [2.24, 2.45) is 0 Å². The molecule has 2 aromatic heterocycles. The highest BCUT2D eigenvalue weighted by molar-refractivity contribution is 7.98. The zero-order valence-corrected chi connectivity index (χ0v) is 13.4. The summed E-state index contributed by atoms with van der Waals surface area (Å²) in [7, 11) is 0. The van der Waals surface area contributed by atoms with Crippen molar-refractivity contribution in [3.8, 4) is 0 Å². The van der Waals surface area contributed by atoms with Crippen LogP contribution in [0, 0.1) is 0 Å². The summed E-state index contributed by atoms with van der Waals surface area (Å²) in [6.07, 6.45) is -4.23. The van der Waals surface area contributed by atoms with Gasteiger partial charge in [-0.05, 0) is 5.56 Å². The number of benzene rings is 1. The van der Waals surface area contributed by atoms with Gasteiger partial charge in [-0.1, -0.05) is 42.1 Å². The van der Waals surface area contributed by atoms with E-state index >= 15 is 0 Å². The SMILES string of the molecule is O=c1cc(C(F)(F)F)nc(SCc2nnc(Cc3ccccc3)o2)[nH]1. The molecule has 0 fully saturated rings. The molecule has 25 heavy (non-hydrogen) atoms. The van der Waals surface area contributed by atoms with Crippen molar-refractivity contribution in [2.45, 2.75) is 23.5 Å². The molecule has 1 N–H and O–H groups in total. The Morgan fingerprint density at radius 1 is 1.12 bits per heavy atom. The lowest BCUT2D eigenvalue weighted by Crippen LogP contribution is -2.16. The number of hydrogen-bond acceptors (Lipinski definition) is 6. The molecule has 0 aliphatic heterocycles. The molecule has 0 saturated heterocycles. The molecule has 0 spiro atoms. The first kappa shape index (κ1) is 17.2. The van der Waals surface area contributed by atoms with E-state index in [-0.39, 0.29) is 16.8 Å². The van der Waals surface area contributed by atoms with E-state index in [0.29, 0.717) is 18.4 Å². The second kappa shape index (κ2) is 7.09. The number of alkyl halides is 3. The number of nitrogens with one attached hydrogen (secondary N) is 1. The molecular weight excluding hydrogens is 357 g/mol. The van der Waals surface area contributed by atoms with Crippen LogP contribution in [0.3, 0.4) is 0 Å². The normalized spacial score (nSPS) is 11.6. The fraction of sp³-hybridized carbons (Fsp3) is 0.200. The fourth-order valence-electron chi connectivity index (χ4n) is 1.97. The van der Waals surface area contributed by atoms with Crippen molar-refractivity contribution in [1.29, 1.82) is 0 Å². The summed E-state index contributed by atoms with van der Waals surface area (Å²) < 4.78 is 43.4. The highest BCUT2D eigenvalue weighted by atomic mass is 32.2. The van der Waals surface area contributed by atoms with Gasteiger partial charge < -0.3 is 9.40 Å². The van der Waals surface area contributed by atoms with E-state index in [4.69, 9.17) is 4.42 Å². The van der Waals surface area contributed by atoms with Gasteiger partial charge in [-0.2, -0.15) is 13.2 Å². The Morgan fingerprint density at radius 2 is 1.84 bits per heavy atom. The number of nitrogens with zero attached hydrogens (tertiary/aromatic N) is 3. The van der Waals surface area contributed by atoms with Gasteiger partial charge in [0, 0.05) is 6.07 Å². The molecule has 0 bridgehead atoms. The van der Waals surface area contributed by atoms with Gasteiger partial charge in [-0.3, -0.25) is 4.79 Å². The van der Waals surface area contributed by atoms with Gasteiger partial charge in [0.05, 0.1) is 12.2 Å². The van der Waals surface area contributed by atoms with Gasteiger partial charge in [-0.15, -0.1) is 10.2 Å². The summed E-state index contributed by atoms with van der Waals surface area (Å²) in [5, 5.41) is 7.57. The van der Waals surface area contributed by atoms with E-state index in [9.17, 15) is 18.0 Å². The van der Waals surface area contributed by atoms with Crippen LogP contribution in [0.1, 0.15) is 23.0 Å². The molecule has 6 nitrogen and oxygen atoms in total. The molecule has 3 aromatic rings. The van der Waals surface area contributed by atoms with Crippen LogP contribution in [0.4, 0.5) is 13.2 Å². The highest BCUT2D eigenvalue weighted by Crippen LogP contribution is 2.28. The zero-order chi connectivity index (χ0) is 17.9. The van der Waals surface area contributed by atoms with Crippen molar-refractivity contribution >= 4 is 11.8 Å². The van der Waals surface area contributed by atoms with Gasteiger partial charge in [-0.25, -0.2) is 4.98 Å². The second-order valence-corrected chi connectivity index (χ2v) is 5.94. The van der Waals surface area contributed by atoms with Gasteiger partial charge in [0.15, 0.2) is 10.9 Å². The van der Waals surface area contributed by atoms with Crippen molar-refractivity contribution in [3.63, 3.8) is 0 Å². The molecule has 0 atom stereocenters. The van der Waals surface area contributed by atoms with Gasteiger partial charge in [0.1, 0.15) is 0 Å². The largest absolute Gasteiger partial charge is 0.433 e. The number of thioether (sulfide) groups is 1. The molecule has 0 radical (unpaired) electrons. The highest BCUT2D eigenvalue weighted by Gasteiger charge is 2.33. The number of aromatic amines is 1. The lowest BCUT2D eigenvalue weighted by molar-refractivity contribution is -0.141. The Labute approximate surface area is 143 Å². The second-order valence-electron chi connectivity index (χ2n) is 4.97. The van der Waals surface area contributed by atoms with E-state index in [0.717, 1.165) is 17.3 Å². The molecule has 3 rings (SSSR count). The summed E-state index contributed by atoms with van der Waals surface area (Å²) in [5.74, 6) is 0.717. The summed E-state index contributed by atoms with van der Waals surface area (Å²) in [6.45, 7) is 0. The average Bonchev–Trinajstić information content (AvgIpc) is 3.00. The Bertz CT molecular complexity index is 909. The third-order valence-electron chi connectivity index (χ3n) is 3.05. The first-order chi connectivity index (χ1) is 11.9. The van der Waals surface area contributed by atoms with Crippen LogP contribution in [0.25, 0.3) is 0 Å². The van der Waals surface area contributed by atoms with Crippen LogP contribution in [0.5, 0.6) is 0 Å². The molecular formula is C15H11F3N4O2S. The standard InChI is InChI=1S/C15H11F3N4O2S/c16-15(17,18)10-7-11(23)20-14(19-10)25-8-13-22-21-12(24-13)6-9-4-2-1-3-5-9/h1-5,7H,6,8H2,(H,19,20,23). The van der Waals surface area contributed by atoms with Crippen LogP contribution in [0.15, 0.2) is 50.8 Å². The molecule has 0 unspecified atom stereocenters. The van der Waals surface area contributed by atoms with Crippen LogP contribution < -0.4 is 5.56 Å². The van der Waals surface area contributed by atoms with Gasteiger partial charge in [0.2, 0.25) is 11.8 Å². The van der Waals surface area contributed by atoms with Crippen LogP contribution in [-0.2, 0) is 18.3 Å². The minimum Gasteiger partial charge on any atom is -0.424 e. The monoisotopic (exact) mass is 368 g/mol. The van der Waals surface area contributed by atoms with Gasteiger partial charge >= 0.3 is 6.18 Å². The van der Waals surface area contributed by atoms with Crippen molar-refractivity contribution in [3.05, 3.63) is 69.8 Å². The van der Waals surface area contributed by atoms with Crippen molar-refractivity contribution < 1.29 is 17.6 Å². The Morgan fingerprint density at radius 3 is 2.56 bits per heavy atom. The smallest absolute Gasteiger partial charge is 0.424 e. The summed E-state index contributed by atoms with van der Waals surface area (Å²) in [6, 6.07) is 9.90. The minimum absolute atomic E-state index is 0.0893. The lowest BCUT2D eigenvalue weighted by atomic mass is 10.2. The number of halogens is 3. The number of hydrogen-bond donors (Lipinski definition) is 1. The maximum absolute atomic E-state index is 12.7. The predicted octanol–water partition coefficient (Wildman–Crippen LogP) is 3.05. The molecule has 0 aliphatic rings. The van der Waals surface area contributed by atoms with E-state index in [1.165, 1.54) is 0 Å². The van der Waals surface area contributed by atoms with Crippen LogP contribution in [0.2, 0.25) is 0 Å². The molecule has 10 heteroatoms. The first-order valence-electron chi connectivity index (χ1n) is 7.07. The van der Waals surface area contributed by atoms with Crippen molar-refractivity contribution in [1.82, 2.24) is 20.2 Å². The summed E-state index contributed by atoms with van der Waals surface area (Å²) in [4.78, 5) is 16.9. The van der Waals surface area contributed by atoms with Crippen molar-refractivity contribution in [2.75, 3.05) is 0 Å². The lowest BCUT2D eigenvalue weighted by Gasteiger charge is -2.06. The third-order valence-corrected chi connectivity index (χ3v) is 3.91. The van der Waals surface area contributed by atoms with Gasteiger partial charge in [0.25, 0.3) is 5.56 Å². The molecule has 0 aliphatic carbocycles. The number of H-pyrrole nitrogens is 1. The maximum atomic E-state index is 12.7. The quantitative estimate of drug-likeness (QED) is 0.550. The molecule has 1 aromatic carbocycles. The molecule has 0 amide bonds. The summed E-state index contributed by atoms with van der Waals surface area (Å²) >= 11 is 0.875. The van der Waals surface area contributed by atoms with E-state index in [1.54, 1.807) is 0 Å². The average molecular weight is 368 g/mol. The third kappa shape index (κ3) is 4.69. The number of aromatic nitrogens is 4. The van der Waals surface area contributed by atoms with E-state index < -0.39 is 17.4 Å². The van der Waals surface area contributed by atoms with Crippen LogP contribution in [-0.4, -0.2) is 20.2 Å². The van der Waals surface area contributed by atoms with E-state index in [1.807, 2.05) is 30.3 Å². The Balaban J connectivity index is 1.66. The molecule has 2 heterocycles. The molecule has 0 saturated carbocycles. The van der Waals surface area contributed by atoms with Crippen LogP contribution >= 0.6 is 11.8 Å². The minimum atomic E-state index is -4.68. The van der Waals surface area contributed by atoms with E-state index in [2.05, 4.69) is 20.2 Å². The maximum Gasteiger partial charge on any atom is 0.433 e. The topological polar surface area (TPSA) is 84.7 Å². The zero-order valence-electron chi connectivity index (χ0n) is 12.6. The number of rotatable bonds is 5.